The van der Waals surface area contributed by atoms with Crippen molar-refractivity contribution in [2.75, 3.05) is 27.9 Å². The van der Waals surface area contributed by atoms with Gasteiger partial charge >= 0.3 is 12.2 Å². The summed E-state index contributed by atoms with van der Waals surface area (Å²) in [5, 5.41) is 7.35. The second kappa shape index (κ2) is 16.7. The maximum absolute atomic E-state index is 14.0. The van der Waals surface area contributed by atoms with Gasteiger partial charge in [0.1, 0.15) is 36.1 Å². The maximum Gasteiger partial charge on any atom is 0.407 e. The Kier molecular flexibility index (Phi) is 11.4. The van der Waals surface area contributed by atoms with Crippen molar-refractivity contribution < 1.29 is 38.1 Å². The molecule has 2 saturated heterocycles. The molecular weight excluding hydrogens is 781 g/mol. The molecule has 5 heterocycles. The highest BCUT2D eigenvalue weighted by molar-refractivity contribution is 6.07. The number of nitrogens with zero attached hydrogens (tertiary/aromatic N) is 4. The molecule has 4 N–H and O–H groups in total. The van der Waals surface area contributed by atoms with Crippen LogP contribution in [0.4, 0.5) is 9.59 Å². The van der Waals surface area contributed by atoms with E-state index in [1.807, 2.05) is 37.9 Å². The van der Waals surface area contributed by atoms with Gasteiger partial charge < -0.3 is 49.3 Å². The number of methoxy groups -OCH3 is 3. The van der Waals surface area contributed by atoms with Crippen LogP contribution in [0.3, 0.4) is 0 Å². The molecule has 0 bridgehead atoms. The number of nitrogens with one attached hydrogen (secondary N) is 4. The Morgan fingerprint density at radius 2 is 1.61 bits per heavy atom. The van der Waals surface area contributed by atoms with Gasteiger partial charge in [-0.15, -0.1) is 0 Å². The van der Waals surface area contributed by atoms with Crippen LogP contribution in [-0.2, 0) is 30.4 Å². The van der Waals surface area contributed by atoms with Gasteiger partial charge in [0, 0.05) is 30.6 Å². The van der Waals surface area contributed by atoms with E-state index < -0.39 is 30.4 Å². The summed E-state index contributed by atoms with van der Waals surface area (Å²) in [4.78, 5) is 72.6. The first-order chi connectivity index (χ1) is 29.3. The summed E-state index contributed by atoms with van der Waals surface area (Å²) in [6, 6.07) is 12.2. The molecule has 5 aromatic rings. The molecular formula is C45H54N8O8. The predicted molar refractivity (Wildman–Crippen MR) is 227 cm³/mol. The number of aromatic amines is 2. The Labute approximate surface area is 354 Å². The van der Waals surface area contributed by atoms with Gasteiger partial charge in [0.25, 0.3) is 0 Å². The van der Waals surface area contributed by atoms with E-state index in [4.69, 9.17) is 28.9 Å². The number of fused-ring (bicyclic) bond motifs is 6. The molecule has 61 heavy (non-hydrogen) atoms. The summed E-state index contributed by atoms with van der Waals surface area (Å²) >= 11 is 0. The van der Waals surface area contributed by atoms with E-state index in [9.17, 15) is 19.2 Å². The standard InChI is InChI=1S/C45H54N8O8/c1-22(2)37(50-44(56)59-7)42(54)52-20-23(3)15-35(52)40-46-19-33(48-40)27-10-12-29-28(16-27)21-61-36-18-30-26(17-31(29)36)11-13-32-39(30)49-41(47-32)34-14-9-24(4)53(34)43(55)38(25(5)58-6)51-45(57)60-8/h10-13,16-19,22-25,34-35,37-38H,9,14-15,20-21H2,1-8H3,(H,46,48)(H,47,49)(H,50,56)(H,51,57)/t23-,24-,25+,34-,35-,37?,38-/m0/s1. The summed E-state index contributed by atoms with van der Waals surface area (Å²) in [6.45, 7) is 10.6. The van der Waals surface area contributed by atoms with Gasteiger partial charge in [0.15, 0.2) is 0 Å². The summed E-state index contributed by atoms with van der Waals surface area (Å²) < 4.78 is 21.5. The van der Waals surface area contributed by atoms with Gasteiger partial charge in [-0.1, -0.05) is 39.0 Å². The Hall–Kier alpha value is -6.16. The summed E-state index contributed by atoms with van der Waals surface area (Å²) in [5.74, 6) is 1.86. The first-order valence-corrected chi connectivity index (χ1v) is 20.9. The molecule has 0 spiro atoms. The zero-order chi connectivity index (χ0) is 43.3. The lowest BCUT2D eigenvalue weighted by molar-refractivity contribution is -0.139. The van der Waals surface area contributed by atoms with Gasteiger partial charge in [-0.05, 0) is 91.3 Å². The SMILES string of the molecule is COC(=O)NC(C(=O)N1C[C@@H](C)C[C@H]1c1ncc(-c2ccc3c(c2)COc2cc4c(ccc5nc([C@@H]6CC[C@H](C)N6C(=O)[C@@H](NC(=O)OC)[C@@H](C)OC)[nH]c54)cc2-3)[nH]1)C(C)C. The van der Waals surface area contributed by atoms with Crippen molar-refractivity contribution in [1.29, 1.82) is 0 Å². The van der Waals surface area contributed by atoms with Crippen molar-refractivity contribution >= 4 is 45.8 Å². The lowest BCUT2D eigenvalue weighted by Gasteiger charge is -2.33. The van der Waals surface area contributed by atoms with Crippen molar-refractivity contribution in [2.24, 2.45) is 11.8 Å². The average molecular weight is 835 g/mol. The molecule has 0 radical (unpaired) electrons. The number of rotatable bonds is 10. The number of imidazole rings is 2. The minimum atomic E-state index is -0.934. The van der Waals surface area contributed by atoms with E-state index in [1.54, 1.807) is 11.8 Å². The summed E-state index contributed by atoms with van der Waals surface area (Å²) in [6.07, 6.45) is 2.13. The number of hydrogen-bond acceptors (Lipinski definition) is 10. The summed E-state index contributed by atoms with van der Waals surface area (Å²) in [5.41, 5.74) is 6.51. The van der Waals surface area contributed by atoms with Gasteiger partial charge in [-0.3, -0.25) is 9.59 Å². The lowest BCUT2D eigenvalue weighted by atomic mass is 9.92. The minimum absolute atomic E-state index is 0.0808. The van der Waals surface area contributed by atoms with E-state index in [0.717, 1.165) is 68.3 Å². The second-order valence-corrected chi connectivity index (χ2v) is 16.9. The number of ether oxygens (including phenoxy) is 4. The molecule has 7 atom stereocenters. The van der Waals surface area contributed by atoms with Crippen LogP contribution in [0.5, 0.6) is 5.75 Å². The fourth-order valence-electron chi connectivity index (χ4n) is 9.20. The van der Waals surface area contributed by atoms with Crippen LogP contribution in [0.15, 0.2) is 48.7 Å². The fourth-order valence-corrected chi connectivity index (χ4v) is 9.20. The third-order valence-corrected chi connectivity index (χ3v) is 12.6. The van der Waals surface area contributed by atoms with E-state index in [1.165, 1.54) is 21.3 Å². The molecule has 16 heteroatoms. The van der Waals surface area contributed by atoms with Crippen LogP contribution < -0.4 is 15.4 Å². The number of H-pyrrole nitrogens is 2. The molecule has 8 rings (SSSR count). The molecule has 1 unspecified atom stereocenters. The molecule has 16 nitrogen and oxygen atoms in total. The largest absolute Gasteiger partial charge is 0.488 e. The number of amides is 4. The van der Waals surface area contributed by atoms with Crippen molar-refractivity contribution in [3.05, 3.63) is 65.9 Å². The van der Waals surface area contributed by atoms with Crippen LogP contribution in [-0.4, -0.2) is 106 Å². The number of hydrogen-bond donors (Lipinski definition) is 4. The van der Waals surface area contributed by atoms with E-state index in [2.05, 4.69) is 63.9 Å². The van der Waals surface area contributed by atoms with Crippen molar-refractivity contribution in [3.63, 3.8) is 0 Å². The van der Waals surface area contributed by atoms with Crippen LogP contribution in [0.2, 0.25) is 0 Å². The average Bonchev–Trinajstić information content (AvgIpc) is 4.08. The number of alkyl carbamates (subject to hydrolysis) is 2. The van der Waals surface area contributed by atoms with Gasteiger partial charge in [-0.25, -0.2) is 19.6 Å². The number of aromatic nitrogens is 4. The molecule has 0 aliphatic carbocycles. The highest BCUT2D eigenvalue weighted by Gasteiger charge is 2.43. The number of carbonyl (C=O) groups is 4. The number of carbonyl (C=O) groups excluding carboxylic acids is 4. The van der Waals surface area contributed by atoms with Gasteiger partial charge in [0.2, 0.25) is 11.8 Å². The second-order valence-electron chi connectivity index (χ2n) is 16.9. The topological polar surface area (TPSA) is 193 Å². The Balaban J connectivity index is 1.05. The third kappa shape index (κ3) is 7.73. The van der Waals surface area contributed by atoms with Gasteiger partial charge in [-0.2, -0.15) is 0 Å². The van der Waals surface area contributed by atoms with E-state index in [-0.39, 0.29) is 41.8 Å². The first-order valence-electron chi connectivity index (χ1n) is 20.9. The lowest BCUT2D eigenvalue weighted by Crippen LogP contribution is -2.55. The smallest absolute Gasteiger partial charge is 0.407 e. The van der Waals surface area contributed by atoms with Crippen molar-refractivity contribution in [3.8, 4) is 28.1 Å². The Bertz CT molecular complexity index is 2500. The monoisotopic (exact) mass is 834 g/mol. The van der Waals surface area contributed by atoms with Crippen molar-refractivity contribution in [2.45, 2.75) is 96.8 Å². The Morgan fingerprint density at radius 1 is 0.852 bits per heavy atom. The zero-order valence-corrected chi connectivity index (χ0v) is 35.8. The molecule has 2 fully saturated rings. The zero-order valence-electron chi connectivity index (χ0n) is 35.8. The quantitative estimate of drug-likeness (QED) is 0.117. The third-order valence-electron chi connectivity index (χ3n) is 12.6. The van der Waals surface area contributed by atoms with Crippen LogP contribution in [0.1, 0.15) is 83.2 Å². The molecule has 3 aliphatic heterocycles. The molecule has 4 amide bonds. The highest BCUT2D eigenvalue weighted by Crippen LogP contribution is 2.44. The summed E-state index contributed by atoms with van der Waals surface area (Å²) in [7, 11) is 4.06. The van der Waals surface area contributed by atoms with Gasteiger partial charge in [0.05, 0.1) is 55.3 Å². The minimum Gasteiger partial charge on any atom is -0.488 e. The molecule has 0 saturated carbocycles. The van der Waals surface area contributed by atoms with Crippen molar-refractivity contribution in [1.82, 2.24) is 40.4 Å². The predicted octanol–water partition coefficient (Wildman–Crippen LogP) is 6.77. The molecule has 3 aliphatic rings. The highest BCUT2D eigenvalue weighted by atomic mass is 16.5. The van der Waals surface area contributed by atoms with E-state index in [0.29, 0.717) is 31.2 Å². The normalized spacial score (nSPS) is 21.1. The van der Waals surface area contributed by atoms with Crippen LogP contribution >= 0.6 is 0 Å². The number of benzene rings is 3. The number of likely N-dealkylation sites (tertiary alicyclic amines) is 2. The molecule has 3 aromatic carbocycles. The van der Waals surface area contributed by atoms with E-state index >= 15 is 0 Å². The fraction of sp³-hybridized carbons (Fsp3) is 0.467. The first kappa shape index (κ1) is 41.6. The molecule has 2 aromatic heterocycles. The Morgan fingerprint density at radius 3 is 2.33 bits per heavy atom. The molecule has 322 valence electrons. The maximum atomic E-state index is 14.0. The van der Waals surface area contributed by atoms with Crippen LogP contribution in [0.25, 0.3) is 44.2 Å². The van der Waals surface area contributed by atoms with Crippen LogP contribution in [0, 0.1) is 11.8 Å².